The molecule has 1 aliphatic rings. The molecule has 0 bridgehead atoms. The highest BCUT2D eigenvalue weighted by Crippen LogP contribution is 2.33. The maximum atomic E-state index is 5.82. The second-order valence-corrected chi connectivity index (χ2v) is 5.34. The van der Waals surface area contributed by atoms with Gasteiger partial charge < -0.3 is 19.7 Å². The lowest BCUT2D eigenvalue weighted by molar-refractivity contribution is 0.295. The van der Waals surface area contributed by atoms with Gasteiger partial charge in [-0.15, -0.1) is 0 Å². The molecule has 1 heterocycles. The lowest BCUT2D eigenvalue weighted by Crippen LogP contribution is -2.35. The highest BCUT2D eigenvalue weighted by Gasteiger charge is 2.14. The molecule has 1 N–H and O–H groups in total. The summed E-state index contributed by atoms with van der Waals surface area (Å²) >= 11 is 0. The second kappa shape index (κ2) is 6.78. The van der Waals surface area contributed by atoms with Crippen LogP contribution < -0.4 is 14.8 Å². The van der Waals surface area contributed by atoms with Gasteiger partial charge >= 0.3 is 0 Å². The Morgan fingerprint density at radius 1 is 1.26 bits per heavy atom. The molecule has 1 unspecified atom stereocenters. The summed E-state index contributed by atoms with van der Waals surface area (Å²) in [5, 5.41) is 3.52. The smallest absolute Gasteiger partial charge is 0.165 e. The summed E-state index contributed by atoms with van der Waals surface area (Å²) in [5.41, 5.74) is 1.17. The van der Waals surface area contributed by atoms with Crippen LogP contribution in [0, 0.1) is 0 Å². The Labute approximate surface area is 115 Å². The first-order chi connectivity index (χ1) is 9.16. The zero-order chi connectivity index (χ0) is 13.7. The van der Waals surface area contributed by atoms with Gasteiger partial charge in [-0.25, -0.2) is 0 Å². The molecule has 1 aromatic rings. The molecule has 106 valence electrons. The van der Waals surface area contributed by atoms with Gasteiger partial charge in [0.15, 0.2) is 11.5 Å². The van der Waals surface area contributed by atoms with Crippen LogP contribution in [0.1, 0.15) is 18.9 Å². The van der Waals surface area contributed by atoms with Crippen LogP contribution in [0.5, 0.6) is 11.5 Å². The first-order valence-corrected chi connectivity index (χ1v) is 6.92. The van der Waals surface area contributed by atoms with E-state index in [-0.39, 0.29) is 0 Å². The summed E-state index contributed by atoms with van der Waals surface area (Å²) in [6.45, 7) is 5.49. The average Bonchev–Trinajstić information content (AvgIpc) is 2.60. The summed E-state index contributed by atoms with van der Waals surface area (Å²) in [6, 6.07) is 6.55. The first kappa shape index (κ1) is 14.2. The molecule has 19 heavy (non-hydrogen) atoms. The van der Waals surface area contributed by atoms with E-state index in [1.54, 1.807) is 0 Å². The third-order valence-electron chi connectivity index (χ3n) is 3.13. The molecular formula is C15H24N2O2. The van der Waals surface area contributed by atoms with Crippen LogP contribution in [-0.2, 0) is 6.54 Å². The SMILES string of the molecule is CC(CN(C)C)NCc1cccc2c1OCCCO2. The van der Waals surface area contributed by atoms with Gasteiger partial charge in [0, 0.05) is 31.1 Å². The predicted octanol–water partition coefficient (Wildman–Crippen LogP) is 1.89. The second-order valence-electron chi connectivity index (χ2n) is 5.34. The van der Waals surface area contributed by atoms with Crippen LogP contribution in [0.25, 0.3) is 0 Å². The number of hydrogen-bond acceptors (Lipinski definition) is 4. The molecule has 0 radical (unpaired) electrons. The molecule has 0 fully saturated rings. The molecule has 0 aliphatic carbocycles. The summed E-state index contributed by atoms with van der Waals surface area (Å²) in [5.74, 6) is 1.78. The quantitative estimate of drug-likeness (QED) is 0.880. The van der Waals surface area contributed by atoms with Gasteiger partial charge in [-0.1, -0.05) is 12.1 Å². The molecule has 4 nitrogen and oxygen atoms in total. The molecule has 2 rings (SSSR count). The van der Waals surface area contributed by atoms with E-state index in [4.69, 9.17) is 9.47 Å². The van der Waals surface area contributed by atoms with E-state index < -0.39 is 0 Å². The number of likely N-dealkylation sites (N-methyl/N-ethyl adjacent to an activating group) is 1. The minimum atomic E-state index is 0.442. The lowest BCUT2D eigenvalue weighted by Gasteiger charge is -2.19. The van der Waals surface area contributed by atoms with Crippen LogP contribution in [-0.4, -0.2) is 44.8 Å². The number of para-hydroxylation sites is 1. The van der Waals surface area contributed by atoms with Gasteiger partial charge in [-0.2, -0.15) is 0 Å². The van der Waals surface area contributed by atoms with Crippen LogP contribution in [0.15, 0.2) is 18.2 Å². The normalized spacial score (nSPS) is 16.2. The topological polar surface area (TPSA) is 33.7 Å². The third-order valence-corrected chi connectivity index (χ3v) is 3.13. The lowest BCUT2D eigenvalue weighted by atomic mass is 10.1. The Morgan fingerprint density at radius 3 is 2.84 bits per heavy atom. The number of ether oxygens (including phenoxy) is 2. The highest BCUT2D eigenvalue weighted by atomic mass is 16.5. The molecule has 0 amide bonds. The number of nitrogens with zero attached hydrogens (tertiary/aromatic N) is 1. The molecule has 1 atom stereocenters. The van der Waals surface area contributed by atoms with Crippen molar-refractivity contribution in [2.45, 2.75) is 25.9 Å². The fourth-order valence-corrected chi connectivity index (χ4v) is 2.29. The molecule has 1 aliphatic heterocycles. The molecule has 0 saturated carbocycles. The largest absolute Gasteiger partial charge is 0.490 e. The zero-order valence-electron chi connectivity index (χ0n) is 12.1. The summed E-state index contributed by atoms with van der Waals surface area (Å²) < 4.78 is 11.5. The molecule has 1 aromatic carbocycles. The van der Waals surface area contributed by atoms with Crippen LogP contribution in [0.4, 0.5) is 0 Å². The minimum absolute atomic E-state index is 0.442. The Hall–Kier alpha value is -1.26. The Kier molecular flexibility index (Phi) is 5.05. The van der Waals surface area contributed by atoms with Crippen LogP contribution in [0.2, 0.25) is 0 Å². The van der Waals surface area contributed by atoms with Gasteiger partial charge in [0.2, 0.25) is 0 Å². The minimum Gasteiger partial charge on any atom is -0.490 e. The molecule has 0 spiro atoms. The number of nitrogens with one attached hydrogen (secondary N) is 1. The van der Waals surface area contributed by atoms with E-state index >= 15 is 0 Å². The average molecular weight is 264 g/mol. The number of hydrogen-bond donors (Lipinski definition) is 1. The fourth-order valence-electron chi connectivity index (χ4n) is 2.29. The van der Waals surface area contributed by atoms with Crippen molar-refractivity contribution in [2.75, 3.05) is 33.9 Å². The van der Waals surface area contributed by atoms with Crippen LogP contribution in [0.3, 0.4) is 0 Å². The zero-order valence-corrected chi connectivity index (χ0v) is 12.1. The van der Waals surface area contributed by atoms with E-state index in [1.165, 1.54) is 5.56 Å². The van der Waals surface area contributed by atoms with E-state index in [0.717, 1.165) is 44.2 Å². The Morgan fingerprint density at radius 2 is 2.05 bits per heavy atom. The Balaban J connectivity index is 2.00. The number of fused-ring (bicyclic) bond motifs is 1. The number of benzene rings is 1. The van der Waals surface area contributed by atoms with Crippen molar-refractivity contribution < 1.29 is 9.47 Å². The van der Waals surface area contributed by atoms with E-state index in [1.807, 2.05) is 12.1 Å². The molecule has 4 heteroatoms. The summed E-state index contributed by atoms with van der Waals surface area (Å²) in [6.07, 6.45) is 0.943. The first-order valence-electron chi connectivity index (χ1n) is 6.92. The molecular weight excluding hydrogens is 240 g/mol. The summed E-state index contributed by atoms with van der Waals surface area (Å²) in [7, 11) is 4.17. The van der Waals surface area contributed by atoms with Crippen molar-refractivity contribution >= 4 is 0 Å². The van der Waals surface area contributed by atoms with Crippen molar-refractivity contribution in [2.24, 2.45) is 0 Å². The predicted molar refractivity (Wildman–Crippen MR) is 76.9 cm³/mol. The van der Waals surface area contributed by atoms with Crippen molar-refractivity contribution in [1.29, 1.82) is 0 Å². The molecule has 0 saturated heterocycles. The highest BCUT2D eigenvalue weighted by molar-refractivity contribution is 5.47. The van der Waals surface area contributed by atoms with E-state index in [9.17, 15) is 0 Å². The monoisotopic (exact) mass is 264 g/mol. The third kappa shape index (κ3) is 4.11. The molecule has 0 aromatic heterocycles. The Bertz CT molecular complexity index is 407. The van der Waals surface area contributed by atoms with Crippen molar-refractivity contribution in [3.05, 3.63) is 23.8 Å². The van der Waals surface area contributed by atoms with Gasteiger partial charge in [-0.05, 0) is 27.1 Å². The maximum absolute atomic E-state index is 5.82. The van der Waals surface area contributed by atoms with Gasteiger partial charge in [0.1, 0.15) is 0 Å². The number of rotatable bonds is 5. The van der Waals surface area contributed by atoms with E-state index in [0.29, 0.717) is 6.04 Å². The standard InChI is InChI=1S/C15H24N2O2/c1-12(11-17(2)3)16-10-13-6-4-7-14-15(13)19-9-5-8-18-14/h4,6-7,12,16H,5,8-11H2,1-3H3. The van der Waals surface area contributed by atoms with Gasteiger partial charge in [0.25, 0.3) is 0 Å². The van der Waals surface area contributed by atoms with Gasteiger partial charge in [-0.3, -0.25) is 0 Å². The van der Waals surface area contributed by atoms with Crippen molar-refractivity contribution in [3.8, 4) is 11.5 Å². The summed E-state index contributed by atoms with van der Waals surface area (Å²) in [4.78, 5) is 2.18. The van der Waals surface area contributed by atoms with E-state index in [2.05, 4.69) is 37.3 Å². The van der Waals surface area contributed by atoms with Crippen LogP contribution >= 0.6 is 0 Å². The maximum Gasteiger partial charge on any atom is 0.165 e. The van der Waals surface area contributed by atoms with Crippen molar-refractivity contribution in [3.63, 3.8) is 0 Å². The fraction of sp³-hybridized carbons (Fsp3) is 0.600. The van der Waals surface area contributed by atoms with Gasteiger partial charge in [0.05, 0.1) is 13.2 Å². The van der Waals surface area contributed by atoms with Crippen molar-refractivity contribution in [1.82, 2.24) is 10.2 Å².